The van der Waals surface area contributed by atoms with E-state index in [-0.39, 0.29) is 18.8 Å². The van der Waals surface area contributed by atoms with Gasteiger partial charge in [-0.05, 0) is 74.2 Å². The zero-order valence-electron chi connectivity index (χ0n) is 17.2. The zero-order valence-corrected chi connectivity index (χ0v) is 17.2. The Bertz CT molecular complexity index is 1140. The molecule has 29 heavy (non-hydrogen) atoms. The molecule has 1 aliphatic carbocycles. The van der Waals surface area contributed by atoms with Gasteiger partial charge in [0.25, 0.3) is 0 Å². The molecule has 0 spiro atoms. The van der Waals surface area contributed by atoms with E-state index in [0.717, 1.165) is 22.5 Å². The summed E-state index contributed by atoms with van der Waals surface area (Å²) in [5.41, 5.74) is 9.13. The Kier molecular flexibility index (Phi) is 4.13. The summed E-state index contributed by atoms with van der Waals surface area (Å²) in [4.78, 5) is 5.05. The first-order valence-electron chi connectivity index (χ1n) is 10.4. The van der Waals surface area contributed by atoms with Crippen LogP contribution in [0.5, 0.6) is 0 Å². The number of rotatable bonds is 2. The summed E-state index contributed by atoms with van der Waals surface area (Å²) in [5, 5.41) is 2.36. The van der Waals surface area contributed by atoms with Gasteiger partial charge in [0.1, 0.15) is 0 Å². The number of aryl methyl sites for hydroxylation is 3. The SMILES string of the molecule is Cc1cc(C)cc(C2=Nc3c(C)ccc4cc(C5CCC(F)(F)CC5)cc2c34)c1. The van der Waals surface area contributed by atoms with Crippen LogP contribution in [0.4, 0.5) is 14.5 Å². The average Bonchev–Trinajstić information content (AvgIpc) is 3.05. The van der Waals surface area contributed by atoms with E-state index in [4.69, 9.17) is 4.99 Å². The van der Waals surface area contributed by atoms with Crippen molar-refractivity contribution in [3.05, 3.63) is 75.8 Å². The lowest BCUT2D eigenvalue weighted by Crippen LogP contribution is -2.23. The van der Waals surface area contributed by atoms with E-state index >= 15 is 0 Å². The Hall–Kier alpha value is -2.55. The van der Waals surface area contributed by atoms with Crippen molar-refractivity contribution in [1.82, 2.24) is 0 Å². The summed E-state index contributed by atoms with van der Waals surface area (Å²) >= 11 is 0. The van der Waals surface area contributed by atoms with E-state index < -0.39 is 5.92 Å². The molecule has 3 aromatic carbocycles. The van der Waals surface area contributed by atoms with Gasteiger partial charge in [-0.3, -0.25) is 0 Å². The second-order valence-corrected chi connectivity index (χ2v) is 8.86. The van der Waals surface area contributed by atoms with Gasteiger partial charge in [-0.2, -0.15) is 0 Å². The van der Waals surface area contributed by atoms with Crippen molar-refractivity contribution < 1.29 is 8.78 Å². The third-order valence-electron chi connectivity index (χ3n) is 6.48. The summed E-state index contributed by atoms with van der Waals surface area (Å²) in [5.74, 6) is -2.30. The Labute approximate surface area is 170 Å². The lowest BCUT2D eigenvalue weighted by Gasteiger charge is -2.29. The molecule has 0 amide bonds. The van der Waals surface area contributed by atoms with Crippen LogP contribution in [0.2, 0.25) is 0 Å². The number of hydrogen-bond acceptors (Lipinski definition) is 1. The fourth-order valence-electron chi connectivity index (χ4n) is 5.02. The van der Waals surface area contributed by atoms with Gasteiger partial charge in [0.15, 0.2) is 0 Å². The maximum absolute atomic E-state index is 13.7. The van der Waals surface area contributed by atoms with Gasteiger partial charge in [0.05, 0.1) is 11.4 Å². The Balaban J connectivity index is 1.66. The van der Waals surface area contributed by atoms with Crippen LogP contribution in [0.15, 0.2) is 47.5 Å². The van der Waals surface area contributed by atoms with Crippen LogP contribution in [-0.2, 0) is 0 Å². The third-order valence-corrected chi connectivity index (χ3v) is 6.48. The highest BCUT2D eigenvalue weighted by Gasteiger charge is 2.36. The Morgan fingerprint density at radius 1 is 0.897 bits per heavy atom. The monoisotopic (exact) mass is 389 g/mol. The molecule has 1 fully saturated rings. The number of alkyl halides is 2. The minimum absolute atomic E-state index is 0.0117. The summed E-state index contributed by atoms with van der Waals surface area (Å²) in [6.07, 6.45) is 1.07. The molecule has 2 aliphatic rings. The number of halogens is 2. The Morgan fingerprint density at radius 2 is 1.59 bits per heavy atom. The third kappa shape index (κ3) is 3.17. The molecule has 3 heteroatoms. The number of nitrogens with zero attached hydrogens (tertiary/aromatic N) is 1. The van der Waals surface area contributed by atoms with Gasteiger partial charge in [0, 0.05) is 29.4 Å². The highest BCUT2D eigenvalue weighted by Crippen LogP contribution is 2.45. The molecule has 148 valence electrons. The fourth-order valence-corrected chi connectivity index (χ4v) is 5.02. The van der Waals surface area contributed by atoms with E-state index in [2.05, 4.69) is 63.2 Å². The second kappa shape index (κ2) is 6.48. The lowest BCUT2D eigenvalue weighted by atomic mass is 9.80. The molecule has 0 radical (unpaired) electrons. The summed E-state index contributed by atoms with van der Waals surface area (Å²) in [7, 11) is 0. The maximum atomic E-state index is 13.7. The molecule has 0 unspecified atom stereocenters. The molecule has 3 aromatic rings. The Morgan fingerprint density at radius 3 is 2.28 bits per heavy atom. The van der Waals surface area contributed by atoms with Crippen molar-refractivity contribution in [2.45, 2.75) is 58.3 Å². The van der Waals surface area contributed by atoms with Gasteiger partial charge < -0.3 is 0 Å². The topological polar surface area (TPSA) is 12.4 Å². The van der Waals surface area contributed by atoms with Crippen molar-refractivity contribution in [2.24, 2.45) is 4.99 Å². The van der Waals surface area contributed by atoms with Crippen molar-refractivity contribution in [1.29, 1.82) is 0 Å². The van der Waals surface area contributed by atoms with Crippen molar-refractivity contribution >= 4 is 22.2 Å². The molecular formula is C26H25F2N. The first-order chi connectivity index (χ1) is 13.8. The van der Waals surface area contributed by atoms with Crippen LogP contribution in [0.25, 0.3) is 10.8 Å². The van der Waals surface area contributed by atoms with Crippen molar-refractivity contribution in [3.63, 3.8) is 0 Å². The van der Waals surface area contributed by atoms with Crippen LogP contribution in [0.3, 0.4) is 0 Å². The van der Waals surface area contributed by atoms with Crippen molar-refractivity contribution in [3.8, 4) is 0 Å². The van der Waals surface area contributed by atoms with E-state index in [9.17, 15) is 8.78 Å². The maximum Gasteiger partial charge on any atom is 0.248 e. The molecule has 1 aliphatic heterocycles. The van der Waals surface area contributed by atoms with E-state index in [1.165, 1.54) is 33.0 Å². The van der Waals surface area contributed by atoms with Gasteiger partial charge in [-0.1, -0.05) is 35.4 Å². The minimum atomic E-state index is -2.50. The van der Waals surface area contributed by atoms with Gasteiger partial charge in [-0.15, -0.1) is 0 Å². The molecule has 0 saturated heterocycles. The summed E-state index contributed by atoms with van der Waals surface area (Å²) < 4.78 is 27.4. The minimum Gasteiger partial charge on any atom is -0.247 e. The molecule has 0 bridgehead atoms. The number of hydrogen-bond donors (Lipinski definition) is 0. The lowest BCUT2D eigenvalue weighted by molar-refractivity contribution is -0.0382. The predicted octanol–water partition coefficient (Wildman–Crippen LogP) is 7.54. The van der Waals surface area contributed by atoms with Crippen LogP contribution in [0, 0.1) is 20.8 Å². The molecule has 5 rings (SSSR count). The van der Waals surface area contributed by atoms with Gasteiger partial charge in [-0.25, -0.2) is 13.8 Å². The molecule has 1 saturated carbocycles. The number of benzene rings is 3. The second-order valence-electron chi connectivity index (χ2n) is 8.86. The highest BCUT2D eigenvalue weighted by atomic mass is 19.3. The van der Waals surface area contributed by atoms with Gasteiger partial charge >= 0.3 is 0 Å². The molecule has 0 aromatic heterocycles. The van der Waals surface area contributed by atoms with E-state index in [1.54, 1.807) is 0 Å². The molecular weight excluding hydrogens is 364 g/mol. The summed E-state index contributed by atoms with van der Waals surface area (Å²) in [6.45, 7) is 6.32. The van der Waals surface area contributed by atoms with E-state index in [1.807, 2.05) is 0 Å². The zero-order chi connectivity index (χ0) is 20.3. The predicted molar refractivity (Wildman–Crippen MR) is 116 cm³/mol. The fraction of sp³-hybridized carbons (Fsp3) is 0.346. The quantitative estimate of drug-likeness (QED) is 0.336. The van der Waals surface area contributed by atoms with Gasteiger partial charge in [0.2, 0.25) is 5.92 Å². The molecule has 0 N–H and O–H groups in total. The van der Waals surface area contributed by atoms with Crippen LogP contribution in [-0.4, -0.2) is 11.6 Å². The average molecular weight is 389 g/mol. The molecule has 0 atom stereocenters. The van der Waals surface area contributed by atoms with Crippen LogP contribution < -0.4 is 0 Å². The molecule has 1 nitrogen and oxygen atoms in total. The van der Waals surface area contributed by atoms with E-state index in [0.29, 0.717) is 12.8 Å². The largest absolute Gasteiger partial charge is 0.248 e. The normalized spacial score (nSPS) is 18.3. The standard InChI is InChI=1S/C26H25F2N/c1-15-10-16(2)12-21(11-15)25-22-14-20(18-6-8-26(27,28)9-7-18)13-19-5-4-17(3)24(29-25)23(19)22/h4-5,10-14,18H,6-9H2,1-3H3. The smallest absolute Gasteiger partial charge is 0.247 e. The first kappa shape index (κ1) is 18.5. The van der Waals surface area contributed by atoms with Crippen LogP contribution in [0.1, 0.15) is 65.0 Å². The first-order valence-corrected chi connectivity index (χ1v) is 10.4. The number of aliphatic imine (C=N–C) groups is 1. The summed E-state index contributed by atoms with van der Waals surface area (Å²) in [6, 6.07) is 15.2. The molecule has 1 heterocycles. The highest BCUT2D eigenvalue weighted by molar-refractivity contribution is 6.26. The van der Waals surface area contributed by atoms with Crippen molar-refractivity contribution in [2.75, 3.05) is 0 Å². The van der Waals surface area contributed by atoms with Crippen LogP contribution >= 0.6 is 0 Å².